The van der Waals surface area contributed by atoms with Crippen LogP contribution in [0, 0.1) is 0 Å². The van der Waals surface area contributed by atoms with Crippen LogP contribution in [0.4, 0.5) is 0 Å². The first-order valence-electron chi connectivity index (χ1n) is 6.74. The number of rotatable bonds is 2. The maximum Gasteiger partial charge on any atom is 0.133 e. The zero-order chi connectivity index (χ0) is 13.1. The summed E-state index contributed by atoms with van der Waals surface area (Å²) in [6.45, 7) is 2.99. The summed E-state index contributed by atoms with van der Waals surface area (Å²) in [7, 11) is 0. The van der Waals surface area contributed by atoms with Gasteiger partial charge in [0.05, 0.1) is 11.9 Å². The summed E-state index contributed by atoms with van der Waals surface area (Å²) in [6.07, 6.45) is 3.73. The van der Waals surface area contributed by atoms with Crippen molar-refractivity contribution in [3.8, 4) is 5.75 Å². The second kappa shape index (κ2) is 5.41. The lowest BCUT2D eigenvalue weighted by Gasteiger charge is -2.19. The summed E-state index contributed by atoms with van der Waals surface area (Å²) in [5.74, 6) is 0.229. The Morgan fingerprint density at radius 2 is 1.68 bits per heavy atom. The molecule has 0 saturated carbocycles. The third-order valence-electron chi connectivity index (χ3n) is 3.71. The molecule has 0 unspecified atom stereocenters. The Kier molecular flexibility index (Phi) is 3.47. The molecular weight excluding hydrogens is 236 g/mol. The molecule has 0 amide bonds. The number of nitrogens with zero attached hydrogens (tertiary/aromatic N) is 2. The van der Waals surface area contributed by atoms with Crippen molar-refractivity contribution in [1.82, 2.24) is 9.88 Å². The van der Waals surface area contributed by atoms with Crippen molar-refractivity contribution in [2.24, 2.45) is 0 Å². The predicted octanol–water partition coefficient (Wildman–Crippen LogP) is 2.39. The maximum absolute atomic E-state index is 9.25. The van der Waals surface area contributed by atoms with Gasteiger partial charge in [-0.2, -0.15) is 0 Å². The minimum atomic E-state index is 0.229. The van der Waals surface area contributed by atoms with Gasteiger partial charge in [0.2, 0.25) is 0 Å². The Morgan fingerprint density at radius 1 is 1.00 bits per heavy atom. The van der Waals surface area contributed by atoms with Gasteiger partial charge < -0.3 is 5.11 Å². The van der Waals surface area contributed by atoms with Crippen molar-refractivity contribution >= 4 is 0 Å². The Bertz CT molecular complexity index is 524. The lowest BCUT2D eigenvalue weighted by atomic mass is 10.0. The number of hydrogen-bond donors (Lipinski definition) is 1. The molecule has 1 aliphatic rings. The van der Waals surface area contributed by atoms with E-state index in [1.54, 1.807) is 6.07 Å². The van der Waals surface area contributed by atoms with Crippen LogP contribution >= 0.6 is 0 Å². The highest BCUT2D eigenvalue weighted by Gasteiger charge is 2.13. The van der Waals surface area contributed by atoms with Gasteiger partial charge in [-0.1, -0.05) is 24.3 Å². The van der Waals surface area contributed by atoms with E-state index in [0.717, 1.165) is 38.2 Å². The molecule has 3 rings (SSSR count). The zero-order valence-corrected chi connectivity index (χ0v) is 10.9. The van der Waals surface area contributed by atoms with Crippen molar-refractivity contribution in [2.75, 3.05) is 13.1 Å². The second-order valence-corrected chi connectivity index (χ2v) is 5.05. The van der Waals surface area contributed by atoms with E-state index < -0.39 is 0 Å². The van der Waals surface area contributed by atoms with Gasteiger partial charge in [0.15, 0.2) is 0 Å². The maximum atomic E-state index is 9.25. The van der Waals surface area contributed by atoms with Crippen LogP contribution in [0.25, 0.3) is 0 Å². The molecule has 1 aromatic heterocycles. The molecule has 0 radical (unpaired) electrons. The summed E-state index contributed by atoms with van der Waals surface area (Å²) in [6, 6.07) is 12.3. The minimum absolute atomic E-state index is 0.229. The smallest absolute Gasteiger partial charge is 0.133 e. The lowest BCUT2D eigenvalue weighted by molar-refractivity contribution is 0.276. The van der Waals surface area contributed by atoms with E-state index in [1.165, 1.54) is 17.3 Å². The molecule has 0 aliphatic carbocycles. The molecule has 2 heterocycles. The van der Waals surface area contributed by atoms with Crippen molar-refractivity contribution < 1.29 is 5.11 Å². The fourth-order valence-corrected chi connectivity index (χ4v) is 2.61. The monoisotopic (exact) mass is 254 g/mol. The predicted molar refractivity (Wildman–Crippen MR) is 75.0 cm³/mol. The van der Waals surface area contributed by atoms with Crippen LogP contribution in [0.15, 0.2) is 42.6 Å². The van der Waals surface area contributed by atoms with E-state index in [0.29, 0.717) is 0 Å². The molecule has 0 bridgehead atoms. The molecule has 0 atom stereocenters. The van der Waals surface area contributed by atoms with E-state index in [1.807, 2.05) is 6.07 Å². The Hall–Kier alpha value is -1.87. The summed E-state index contributed by atoms with van der Waals surface area (Å²) in [5, 5.41) is 9.25. The van der Waals surface area contributed by atoms with E-state index in [4.69, 9.17) is 0 Å². The van der Waals surface area contributed by atoms with Gasteiger partial charge >= 0.3 is 0 Å². The SMILES string of the molecule is Oc1ccc(CN2CCc3ccccc3CC2)nc1. The van der Waals surface area contributed by atoms with Gasteiger partial charge in [-0.25, -0.2) is 0 Å². The summed E-state index contributed by atoms with van der Waals surface area (Å²) < 4.78 is 0. The van der Waals surface area contributed by atoms with Crippen LogP contribution in [0.2, 0.25) is 0 Å². The van der Waals surface area contributed by atoms with Gasteiger partial charge in [-0.15, -0.1) is 0 Å². The standard InChI is InChI=1S/C16H18N2O/c19-16-6-5-15(17-11-16)12-18-9-7-13-3-1-2-4-14(13)8-10-18/h1-6,11,19H,7-10,12H2. The van der Waals surface area contributed by atoms with Gasteiger partial charge in [-0.05, 0) is 36.1 Å². The van der Waals surface area contributed by atoms with E-state index in [2.05, 4.69) is 34.1 Å². The number of aromatic hydroxyl groups is 1. The van der Waals surface area contributed by atoms with Crippen molar-refractivity contribution in [2.45, 2.75) is 19.4 Å². The third-order valence-corrected chi connectivity index (χ3v) is 3.71. The average Bonchev–Trinajstić information content (AvgIpc) is 2.64. The van der Waals surface area contributed by atoms with E-state index in [-0.39, 0.29) is 5.75 Å². The highest BCUT2D eigenvalue weighted by atomic mass is 16.3. The number of benzene rings is 1. The van der Waals surface area contributed by atoms with Crippen molar-refractivity contribution in [1.29, 1.82) is 0 Å². The first-order chi connectivity index (χ1) is 9.31. The number of pyridine rings is 1. The number of aromatic nitrogens is 1. The van der Waals surface area contributed by atoms with E-state index in [9.17, 15) is 5.11 Å². The van der Waals surface area contributed by atoms with Crippen LogP contribution in [0.5, 0.6) is 5.75 Å². The largest absolute Gasteiger partial charge is 0.506 e. The fourth-order valence-electron chi connectivity index (χ4n) is 2.61. The minimum Gasteiger partial charge on any atom is -0.506 e. The topological polar surface area (TPSA) is 36.4 Å². The quantitative estimate of drug-likeness (QED) is 0.894. The fraction of sp³-hybridized carbons (Fsp3) is 0.312. The molecule has 2 aromatic rings. The number of hydrogen-bond acceptors (Lipinski definition) is 3. The zero-order valence-electron chi connectivity index (χ0n) is 10.9. The first-order valence-corrected chi connectivity index (χ1v) is 6.74. The van der Waals surface area contributed by atoms with Gasteiger partial charge in [0.25, 0.3) is 0 Å². The van der Waals surface area contributed by atoms with Crippen LogP contribution in [0.3, 0.4) is 0 Å². The normalized spacial score (nSPS) is 15.8. The highest BCUT2D eigenvalue weighted by molar-refractivity contribution is 5.28. The van der Waals surface area contributed by atoms with Crippen molar-refractivity contribution in [3.63, 3.8) is 0 Å². The average molecular weight is 254 g/mol. The lowest BCUT2D eigenvalue weighted by Crippen LogP contribution is -2.26. The Morgan fingerprint density at radius 3 is 2.26 bits per heavy atom. The molecular formula is C16H18N2O. The summed E-state index contributed by atoms with van der Waals surface area (Å²) in [5.41, 5.74) is 3.97. The van der Waals surface area contributed by atoms with Crippen LogP contribution in [-0.2, 0) is 19.4 Å². The molecule has 3 heteroatoms. The Labute approximate surface area is 113 Å². The Balaban J connectivity index is 1.67. The molecule has 3 nitrogen and oxygen atoms in total. The molecule has 1 aliphatic heterocycles. The summed E-state index contributed by atoms with van der Waals surface area (Å²) in [4.78, 5) is 6.69. The van der Waals surface area contributed by atoms with Crippen molar-refractivity contribution in [3.05, 3.63) is 59.4 Å². The molecule has 0 saturated heterocycles. The third kappa shape index (κ3) is 2.93. The van der Waals surface area contributed by atoms with Gasteiger partial charge in [-0.3, -0.25) is 9.88 Å². The molecule has 0 spiro atoms. The molecule has 1 N–H and O–H groups in total. The highest BCUT2D eigenvalue weighted by Crippen LogP contribution is 2.17. The van der Waals surface area contributed by atoms with Crippen LogP contribution in [-0.4, -0.2) is 28.1 Å². The molecule has 0 fully saturated rings. The molecule has 1 aromatic carbocycles. The van der Waals surface area contributed by atoms with Crippen LogP contribution < -0.4 is 0 Å². The number of fused-ring (bicyclic) bond motifs is 1. The molecule has 19 heavy (non-hydrogen) atoms. The van der Waals surface area contributed by atoms with Gasteiger partial charge in [0, 0.05) is 19.6 Å². The first kappa shape index (κ1) is 12.2. The summed E-state index contributed by atoms with van der Waals surface area (Å²) >= 11 is 0. The molecule has 98 valence electrons. The van der Waals surface area contributed by atoms with Crippen LogP contribution in [0.1, 0.15) is 16.8 Å². The second-order valence-electron chi connectivity index (χ2n) is 5.05. The van der Waals surface area contributed by atoms with Gasteiger partial charge in [0.1, 0.15) is 5.75 Å². The van der Waals surface area contributed by atoms with E-state index >= 15 is 0 Å².